The maximum atomic E-state index is 12.8. The fourth-order valence-corrected chi connectivity index (χ4v) is 6.27. The van der Waals surface area contributed by atoms with Gasteiger partial charge in [0.2, 0.25) is 0 Å². The number of thiazole rings is 1. The fraction of sp³-hybridized carbons (Fsp3) is 0.316. The van der Waals surface area contributed by atoms with E-state index in [1.54, 1.807) is 22.4 Å². The highest BCUT2D eigenvalue weighted by atomic mass is 32.2. The first kappa shape index (κ1) is 22.4. The summed E-state index contributed by atoms with van der Waals surface area (Å²) in [5, 5.41) is 7.98. The molecule has 2 aliphatic rings. The minimum absolute atomic E-state index is 0.0479. The van der Waals surface area contributed by atoms with Gasteiger partial charge in [-0.2, -0.15) is 0 Å². The van der Waals surface area contributed by atoms with Crippen molar-refractivity contribution in [2.75, 3.05) is 24.3 Å². The lowest BCUT2D eigenvalue weighted by Gasteiger charge is -2.50. The van der Waals surface area contributed by atoms with Crippen molar-refractivity contribution in [3.63, 3.8) is 0 Å². The lowest BCUT2D eigenvalue weighted by molar-refractivity contribution is -0.144. The number of amides is 2. The molecule has 10 nitrogen and oxygen atoms in total. The van der Waals surface area contributed by atoms with E-state index in [0.717, 1.165) is 23.0 Å². The number of carbonyl (C=O) groups excluding carboxylic acids is 3. The first-order valence-corrected chi connectivity index (χ1v) is 12.3. The number of carbonyl (C=O) groups is 3. The van der Waals surface area contributed by atoms with Gasteiger partial charge in [0.25, 0.3) is 16.9 Å². The van der Waals surface area contributed by atoms with Gasteiger partial charge in [-0.05, 0) is 24.6 Å². The largest absolute Gasteiger partial charge is 0.460 e. The second-order valence-corrected chi connectivity index (χ2v) is 9.74. The second-order valence-electron chi connectivity index (χ2n) is 6.80. The van der Waals surface area contributed by atoms with E-state index in [4.69, 9.17) is 15.0 Å². The predicted octanol–water partition coefficient (Wildman–Crippen LogP) is 1.92. The van der Waals surface area contributed by atoms with E-state index in [9.17, 15) is 14.4 Å². The molecule has 1 fully saturated rings. The standard InChI is InChI=1S/C19H19N5O5S3/c1-9-10(7-31-18(27)12-4-3-5-29-12)6-30-17-14(16(26)24(9)17)22-15(25)13(23-28-2)11-8-32-19(20)21-11/h3-5,8,14,17H,6-7H2,1-2H3,(H2,20,21)(H,22,25)/b23-13-. The van der Waals surface area contributed by atoms with Crippen molar-refractivity contribution < 1.29 is 23.6 Å². The average Bonchev–Trinajstić information content (AvgIpc) is 3.46. The van der Waals surface area contributed by atoms with Crippen molar-refractivity contribution in [3.8, 4) is 0 Å². The van der Waals surface area contributed by atoms with Gasteiger partial charge < -0.3 is 20.3 Å². The van der Waals surface area contributed by atoms with Crippen LogP contribution >= 0.6 is 34.9 Å². The molecule has 0 aliphatic carbocycles. The third-order valence-corrected chi connectivity index (χ3v) is 7.86. The van der Waals surface area contributed by atoms with Crippen LogP contribution in [0.1, 0.15) is 23.2 Å². The molecule has 13 heteroatoms. The highest BCUT2D eigenvalue weighted by Crippen LogP contribution is 2.41. The van der Waals surface area contributed by atoms with Crippen molar-refractivity contribution in [1.29, 1.82) is 0 Å². The number of anilines is 1. The normalized spacial score (nSPS) is 20.6. The number of rotatable bonds is 7. The van der Waals surface area contributed by atoms with E-state index in [1.807, 2.05) is 6.92 Å². The van der Waals surface area contributed by atoms with Gasteiger partial charge in [0.15, 0.2) is 16.6 Å². The number of nitrogens with two attached hydrogens (primary N) is 1. The molecule has 2 aliphatic heterocycles. The van der Waals surface area contributed by atoms with E-state index >= 15 is 0 Å². The first-order chi connectivity index (χ1) is 15.4. The number of allylic oxidation sites excluding steroid dienone is 1. The molecule has 0 bridgehead atoms. The van der Waals surface area contributed by atoms with Gasteiger partial charge in [0.1, 0.15) is 24.2 Å². The third kappa shape index (κ3) is 4.27. The molecule has 0 radical (unpaired) electrons. The van der Waals surface area contributed by atoms with Crippen LogP contribution in [-0.4, -0.2) is 62.6 Å². The number of nitrogens with one attached hydrogen (secondary N) is 1. The number of furan rings is 1. The Labute approximate surface area is 195 Å². The minimum atomic E-state index is -0.695. The molecule has 4 rings (SSSR count). The zero-order chi connectivity index (χ0) is 22.8. The zero-order valence-corrected chi connectivity index (χ0v) is 19.5. The van der Waals surface area contributed by atoms with Gasteiger partial charge in [-0.3, -0.25) is 19.3 Å². The molecule has 168 valence electrons. The van der Waals surface area contributed by atoms with Crippen LogP contribution < -0.4 is 11.1 Å². The van der Waals surface area contributed by atoms with Crippen molar-refractivity contribution >= 4 is 62.6 Å². The number of hydrogen-bond donors (Lipinski definition) is 2. The molecule has 1 saturated heterocycles. The van der Waals surface area contributed by atoms with Crippen molar-refractivity contribution in [3.05, 3.63) is 46.5 Å². The van der Waals surface area contributed by atoms with Gasteiger partial charge >= 0.3 is 0 Å². The predicted molar refractivity (Wildman–Crippen MR) is 123 cm³/mol. The summed E-state index contributed by atoms with van der Waals surface area (Å²) in [5.41, 5.74) is 7.68. The Morgan fingerprint density at radius 3 is 2.97 bits per heavy atom. The van der Waals surface area contributed by atoms with Gasteiger partial charge in [-0.1, -0.05) is 16.9 Å². The van der Waals surface area contributed by atoms with Crippen LogP contribution in [0.4, 0.5) is 5.13 Å². The number of fused-ring (bicyclic) bond motifs is 1. The molecule has 0 saturated carbocycles. The third-order valence-electron chi connectivity index (χ3n) is 4.89. The number of thioether (sulfide) groups is 2. The summed E-state index contributed by atoms with van der Waals surface area (Å²) in [6.07, 6.45) is 1.46. The zero-order valence-electron chi connectivity index (χ0n) is 17.1. The Morgan fingerprint density at radius 2 is 2.31 bits per heavy atom. The molecular formula is C19H19N5O5S3. The number of β-lactam (4-membered cyclic amide) rings is 1. The van der Waals surface area contributed by atoms with Gasteiger partial charge in [-0.15, -0.1) is 23.1 Å². The summed E-state index contributed by atoms with van der Waals surface area (Å²) in [7, 11) is 1.32. The molecule has 4 heterocycles. The van der Waals surface area contributed by atoms with Gasteiger partial charge in [0, 0.05) is 22.6 Å². The molecular weight excluding hydrogens is 474 g/mol. The first-order valence-electron chi connectivity index (χ1n) is 9.38. The van der Waals surface area contributed by atoms with E-state index in [-0.39, 0.29) is 27.8 Å². The van der Waals surface area contributed by atoms with Crippen molar-refractivity contribution in [1.82, 2.24) is 15.2 Å². The highest BCUT2D eigenvalue weighted by Gasteiger charge is 2.51. The Balaban J connectivity index is 1.40. The number of oxime groups is 1. The smallest absolute Gasteiger partial charge is 0.276 e. The molecule has 3 N–H and O–H groups in total. The minimum Gasteiger partial charge on any atom is -0.460 e. The lowest BCUT2D eigenvalue weighted by Crippen LogP contribution is -2.70. The molecule has 2 amide bonds. The summed E-state index contributed by atoms with van der Waals surface area (Å²) < 4.78 is 5.12. The molecule has 0 aromatic carbocycles. The van der Waals surface area contributed by atoms with Crippen molar-refractivity contribution in [2.45, 2.75) is 18.3 Å². The van der Waals surface area contributed by atoms with Crippen LogP contribution in [0.15, 0.2) is 44.6 Å². The van der Waals surface area contributed by atoms with Crippen LogP contribution in [0.5, 0.6) is 0 Å². The summed E-state index contributed by atoms with van der Waals surface area (Å²) in [4.78, 5) is 48.2. The monoisotopic (exact) mass is 493 g/mol. The average molecular weight is 494 g/mol. The number of hydrogen-bond acceptors (Lipinski definition) is 11. The summed E-state index contributed by atoms with van der Waals surface area (Å²) in [6, 6.07) is 2.59. The van der Waals surface area contributed by atoms with Crippen LogP contribution in [0.2, 0.25) is 0 Å². The molecule has 2 unspecified atom stereocenters. The summed E-state index contributed by atoms with van der Waals surface area (Å²) >= 11 is 3.84. The topological polar surface area (TPSA) is 140 Å². The van der Waals surface area contributed by atoms with Crippen LogP contribution in [0.3, 0.4) is 0 Å². The quantitative estimate of drug-likeness (QED) is 0.336. The maximum Gasteiger partial charge on any atom is 0.276 e. The Hall–Kier alpha value is -2.77. The highest BCUT2D eigenvalue weighted by molar-refractivity contribution is 8.14. The number of aromatic nitrogens is 1. The van der Waals surface area contributed by atoms with E-state index in [2.05, 4.69) is 15.5 Å². The Morgan fingerprint density at radius 1 is 1.50 bits per heavy atom. The second kappa shape index (κ2) is 9.38. The maximum absolute atomic E-state index is 12.8. The molecule has 32 heavy (non-hydrogen) atoms. The lowest BCUT2D eigenvalue weighted by atomic mass is 10.0. The van der Waals surface area contributed by atoms with Gasteiger partial charge in [-0.25, -0.2) is 4.98 Å². The Bertz CT molecular complexity index is 1110. The number of nitrogens with zero attached hydrogens (tertiary/aromatic N) is 3. The SMILES string of the molecule is CO/N=C(\C(=O)NC1C(=O)N2C(C)=C(CSC(=O)c3ccco3)CSC12)c1csc(N)n1. The Kier molecular flexibility index (Phi) is 6.58. The molecule has 2 atom stereocenters. The van der Waals surface area contributed by atoms with Crippen molar-refractivity contribution in [2.24, 2.45) is 5.16 Å². The van der Waals surface area contributed by atoms with Gasteiger partial charge in [0.05, 0.1) is 6.26 Å². The summed E-state index contributed by atoms with van der Waals surface area (Å²) in [5.74, 6) is 0.618. The molecule has 2 aromatic heterocycles. The molecule has 2 aromatic rings. The fourth-order valence-electron chi connectivity index (χ4n) is 3.25. The van der Waals surface area contributed by atoms with Crippen LogP contribution in [0, 0.1) is 0 Å². The summed E-state index contributed by atoms with van der Waals surface area (Å²) in [6.45, 7) is 1.85. The van der Waals surface area contributed by atoms with Crippen LogP contribution in [-0.2, 0) is 14.4 Å². The van der Waals surface area contributed by atoms with Crippen LogP contribution in [0.25, 0.3) is 0 Å². The van der Waals surface area contributed by atoms with E-state index < -0.39 is 11.9 Å². The van der Waals surface area contributed by atoms with E-state index in [0.29, 0.717) is 22.4 Å². The number of nitrogen functional groups attached to an aromatic ring is 1. The molecule has 0 spiro atoms. The van der Waals surface area contributed by atoms with E-state index in [1.165, 1.54) is 36.5 Å².